The van der Waals surface area contributed by atoms with Crippen molar-refractivity contribution in [2.45, 2.75) is 5.92 Å². The molecule has 17 heavy (non-hydrogen) atoms. The first-order valence-electron chi connectivity index (χ1n) is 5.41. The molecule has 88 valence electrons. The summed E-state index contributed by atoms with van der Waals surface area (Å²) in [5, 5.41) is 0.748. The first kappa shape index (κ1) is 12.6. The highest BCUT2D eigenvalue weighted by atomic mass is 79.9. The molecule has 0 aliphatic heterocycles. The van der Waals surface area contributed by atoms with Crippen LogP contribution < -0.4 is 5.73 Å². The van der Waals surface area contributed by atoms with E-state index in [1.54, 1.807) is 0 Å². The second kappa shape index (κ2) is 5.67. The van der Waals surface area contributed by atoms with Crippen molar-refractivity contribution in [3.8, 4) is 0 Å². The van der Waals surface area contributed by atoms with Crippen LogP contribution in [0, 0.1) is 0 Å². The Morgan fingerprint density at radius 3 is 2.35 bits per heavy atom. The molecule has 1 nitrogen and oxygen atoms in total. The van der Waals surface area contributed by atoms with Crippen LogP contribution >= 0.6 is 27.5 Å². The van der Waals surface area contributed by atoms with Crippen molar-refractivity contribution in [1.29, 1.82) is 0 Å². The van der Waals surface area contributed by atoms with Gasteiger partial charge in [-0.25, -0.2) is 0 Å². The van der Waals surface area contributed by atoms with Crippen molar-refractivity contribution in [2.75, 3.05) is 6.54 Å². The minimum absolute atomic E-state index is 0.196. The third-order valence-electron chi connectivity index (χ3n) is 2.76. The van der Waals surface area contributed by atoms with Crippen LogP contribution in [0.15, 0.2) is 53.0 Å². The smallest absolute Gasteiger partial charge is 0.0408 e. The van der Waals surface area contributed by atoms with E-state index in [9.17, 15) is 0 Å². The molecule has 0 saturated heterocycles. The van der Waals surface area contributed by atoms with Crippen molar-refractivity contribution >= 4 is 27.5 Å². The minimum atomic E-state index is 0.196. The molecule has 0 bridgehead atoms. The third-order valence-corrected chi connectivity index (χ3v) is 3.52. The van der Waals surface area contributed by atoms with Gasteiger partial charge in [-0.3, -0.25) is 0 Å². The minimum Gasteiger partial charge on any atom is -0.330 e. The predicted octanol–water partition coefficient (Wildman–Crippen LogP) is 4.19. The molecule has 3 heteroatoms. The highest BCUT2D eigenvalue weighted by Crippen LogP contribution is 2.26. The fraction of sp³-hybridized carbons (Fsp3) is 0.143. The van der Waals surface area contributed by atoms with E-state index in [0.717, 1.165) is 15.1 Å². The van der Waals surface area contributed by atoms with Gasteiger partial charge in [-0.2, -0.15) is 0 Å². The summed E-state index contributed by atoms with van der Waals surface area (Å²) in [6.45, 7) is 0.571. The predicted molar refractivity (Wildman–Crippen MR) is 76.5 cm³/mol. The molecule has 1 unspecified atom stereocenters. The topological polar surface area (TPSA) is 26.0 Å². The summed E-state index contributed by atoms with van der Waals surface area (Å²) in [4.78, 5) is 0. The molecule has 2 rings (SSSR count). The molecule has 0 aliphatic carbocycles. The Bertz CT molecular complexity index is 496. The Kier molecular flexibility index (Phi) is 4.21. The van der Waals surface area contributed by atoms with E-state index in [1.165, 1.54) is 5.56 Å². The Morgan fingerprint density at radius 1 is 1.06 bits per heavy atom. The zero-order valence-electron chi connectivity index (χ0n) is 9.24. The van der Waals surface area contributed by atoms with Gasteiger partial charge in [0.1, 0.15) is 0 Å². The van der Waals surface area contributed by atoms with Gasteiger partial charge in [0, 0.05) is 22.0 Å². The van der Waals surface area contributed by atoms with Gasteiger partial charge in [0.15, 0.2) is 0 Å². The van der Waals surface area contributed by atoms with E-state index in [4.69, 9.17) is 17.3 Å². The van der Waals surface area contributed by atoms with Crippen LogP contribution in [0.1, 0.15) is 17.0 Å². The molecular weight excluding hydrogens is 298 g/mol. The molecule has 0 aromatic heterocycles. The highest BCUT2D eigenvalue weighted by molar-refractivity contribution is 9.10. The first-order valence-corrected chi connectivity index (χ1v) is 6.59. The Morgan fingerprint density at radius 2 is 1.76 bits per heavy atom. The maximum Gasteiger partial charge on any atom is 0.0408 e. The maximum atomic E-state index is 6.01. The lowest BCUT2D eigenvalue weighted by atomic mass is 9.91. The van der Waals surface area contributed by atoms with E-state index < -0.39 is 0 Å². The molecule has 2 aromatic rings. The van der Waals surface area contributed by atoms with Crippen molar-refractivity contribution < 1.29 is 0 Å². The Labute approximate surface area is 115 Å². The zero-order chi connectivity index (χ0) is 12.3. The summed E-state index contributed by atoms with van der Waals surface area (Å²) in [5.74, 6) is 0.196. The quantitative estimate of drug-likeness (QED) is 0.903. The number of rotatable bonds is 3. The average molecular weight is 311 g/mol. The molecule has 2 aromatic carbocycles. The summed E-state index contributed by atoms with van der Waals surface area (Å²) < 4.78 is 1.07. The van der Waals surface area contributed by atoms with Gasteiger partial charge in [0.2, 0.25) is 0 Å². The molecular formula is C14H13BrClN. The second-order valence-electron chi connectivity index (χ2n) is 3.89. The normalized spacial score (nSPS) is 12.4. The largest absolute Gasteiger partial charge is 0.330 e. The van der Waals surface area contributed by atoms with Gasteiger partial charge >= 0.3 is 0 Å². The molecule has 0 fully saturated rings. The summed E-state index contributed by atoms with van der Waals surface area (Å²) in [7, 11) is 0. The van der Waals surface area contributed by atoms with Gasteiger partial charge in [-0.05, 0) is 35.4 Å². The van der Waals surface area contributed by atoms with Gasteiger partial charge < -0.3 is 5.73 Å². The Balaban J connectivity index is 2.36. The van der Waals surface area contributed by atoms with Gasteiger partial charge in [-0.1, -0.05) is 51.8 Å². The SMILES string of the molecule is NCC(c1ccc(Br)cc1)c1cccc(Cl)c1. The number of hydrogen-bond acceptors (Lipinski definition) is 1. The van der Waals surface area contributed by atoms with Gasteiger partial charge in [-0.15, -0.1) is 0 Å². The monoisotopic (exact) mass is 309 g/mol. The van der Waals surface area contributed by atoms with E-state index >= 15 is 0 Å². The van der Waals surface area contributed by atoms with Crippen molar-refractivity contribution in [3.05, 3.63) is 69.2 Å². The van der Waals surface area contributed by atoms with Crippen LogP contribution in [0.4, 0.5) is 0 Å². The third kappa shape index (κ3) is 3.09. The zero-order valence-corrected chi connectivity index (χ0v) is 11.6. The van der Waals surface area contributed by atoms with Gasteiger partial charge in [0.05, 0.1) is 0 Å². The standard InChI is InChI=1S/C14H13BrClN/c15-12-6-4-10(5-7-12)14(9-17)11-2-1-3-13(16)8-11/h1-8,14H,9,17H2. The Hall–Kier alpha value is -0.830. The fourth-order valence-electron chi connectivity index (χ4n) is 1.88. The van der Waals surface area contributed by atoms with E-state index in [1.807, 2.05) is 30.3 Å². The van der Waals surface area contributed by atoms with Crippen LogP contribution in [0.5, 0.6) is 0 Å². The van der Waals surface area contributed by atoms with Crippen molar-refractivity contribution in [1.82, 2.24) is 0 Å². The average Bonchev–Trinajstić information content (AvgIpc) is 2.33. The number of hydrogen-bond donors (Lipinski definition) is 1. The maximum absolute atomic E-state index is 6.01. The molecule has 1 atom stereocenters. The van der Waals surface area contributed by atoms with E-state index in [0.29, 0.717) is 6.54 Å². The summed E-state index contributed by atoms with van der Waals surface area (Å²) >= 11 is 9.44. The van der Waals surface area contributed by atoms with E-state index in [-0.39, 0.29) is 5.92 Å². The fourth-order valence-corrected chi connectivity index (χ4v) is 2.35. The van der Waals surface area contributed by atoms with Crippen LogP contribution in [-0.2, 0) is 0 Å². The summed E-state index contributed by atoms with van der Waals surface area (Å²) in [6, 6.07) is 16.1. The van der Waals surface area contributed by atoms with Crippen LogP contribution in [0.2, 0.25) is 5.02 Å². The van der Waals surface area contributed by atoms with Crippen LogP contribution in [0.25, 0.3) is 0 Å². The molecule has 2 N–H and O–H groups in total. The van der Waals surface area contributed by atoms with Crippen LogP contribution in [-0.4, -0.2) is 6.54 Å². The molecule has 0 radical (unpaired) electrons. The summed E-state index contributed by atoms with van der Waals surface area (Å²) in [5.41, 5.74) is 8.23. The van der Waals surface area contributed by atoms with Crippen molar-refractivity contribution in [2.24, 2.45) is 5.73 Å². The van der Waals surface area contributed by atoms with Gasteiger partial charge in [0.25, 0.3) is 0 Å². The second-order valence-corrected chi connectivity index (χ2v) is 5.25. The molecule has 0 aliphatic rings. The molecule has 0 saturated carbocycles. The number of halogens is 2. The highest BCUT2D eigenvalue weighted by Gasteiger charge is 2.12. The molecule has 0 amide bonds. The first-order chi connectivity index (χ1) is 8.20. The van der Waals surface area contributed by atoms with Crippen molar-refractivity contribution in [3.63, 3.8) is 0 Å². The number of nitrogens with two attached hydrogens (primary N) is 1. The number of benzene rings is 2. The lowest BCUT2D eigenvalue weighted by molar-refractivity contribution is 0.819. The lowest BCUT2D eigenvalue weighted by Gasteiger charge is -2.16. The van der Waals surface area contributed by atoms with Crippen LogP contribution in [0.3, 0.4) is 0 Å². The lowest BCUT2D eigenvalue weighted by Crippen LogP contribution is -2.13. The molecule has 0 heterocycles. The van der Waals surface area contributed by atoms with E-state index in [2.05, 4.69) is 34.1 Å². The molecule has 0 spiro atoms. The summed E-state index contributed by atoms with van der Waals surface area (Å²) in [6.07, 6.45) is 0.